The number of nitrogens with zero attached hydrogens (tertiary/aromatic N) is 4. The van der Waals surface area contributed by atoms with Gasteiger partial charge in [-0.3, -0.25) is 0 Å². The predicted octanol–water partition coefficient (Wildman–Crippen LogP) is 3.59. The average molecular weight is 330 g/mol. The third-order valence-corrected chi connectivity index (χ3v) is 4.11. The summed E-state index contributed by atoms with van der Waals surface area (Å²) in [5.41, 5.74) is 2.27. The first-order chi connectivity index (χ1) is 10.7. The van der Waals surface area contributed by atoms with Gasteiger partial charge in [0, 0.05) is 17.6 Å². The Bertz CT molecular complexity index is 851. The van der Waals surface area contributed by atoms with E-state index in [-0.39, 0.29) is 0 Å². The fourth-order valence-corrected chi connectivity index (χ4v) is 2.78. The summed E-state index contributed by atoms with van der Waals surface area (Å²) in [6.45, 7) is 0.568. The minimum absolute atomic E-state index is 0.498. The van der Waals surface area contributed by atoms with Gasteiger partial charge in [-0.15, -0.1) is 11.8 Å². The van der Waals surface area contributed by atoms with Crippen LogP contribution in [-0.4, -0.2) is 20.9 Å². The van der Waals surface area contributed by atoms with Crippen LogP contribution >= 0.6 is 23.4 Å². The number of halogens is 1. The molecule has 0 spiro atoms. The average Bonchev–Trinajstić information content (AvgIpc) is 3.01. The van der Waals surface area contributed by atoms with Crippen LogP contribution in [0.4, 0.5) is 5.82 Å². The van der Waals surface area contributed by atoms with Crippen LogP contribution in [0.5, 0.6) is 0 Å². The Hall–Kier alpha value is -2.23. The fraction of sp³-hybridized carbons (Fsp3) is 0.133. The highest BCUT2D eigenvalue weighted by atomic mass is 35.5. The number of nitriles is 1. The molecule has 0 fully saturated rings. The number of hydrogen-bond donors (Lipinski definition) is 1. The van der Waals surface area contributed by atoms with Gasteiger partial charge in [-0.05, 0) is 24.0 Å². The second-order valence-electron chi connectivity index (χ2n) is 4.54. The van der Waals surface area contributed by atoms with E-state index in [1.54, 1.807) is 10.7 Å². The van der Waals surface area contributed by atoms with Crippen molar-refractivity contribution in [2.24, 2.45) is 0 Å². The first-order valence-corrected chi connectivity index (χ1v) is 8.13. The molecule has 0 amide bonds. The zero-order chi connectivity index (χ0) is 15.5. The summed E-state index contributed by atoms with van der Waals surface area (Å²) in [4.78, 5) is 4.44. The molecule has 0 aliphatic rings. The van der Waals surface area contributed by atoms with Crippen molar-refractivity contribution < 1.29 is 0 Å². The second-order valence-corrected chi connectivity index (χ2v) is 5.77. The molecule has 3 rings (SSSR count). The zero-order valence-electron chi connectivity index (χ0n) is 11.7. The van der Waals surface area contributed by atoms with Crippen molar-refractivity contribution >= 4 is 34.8 Å². The summed E-state index contributed by atoms with van der Waals surface area (Å²) >= 11 is 7.33. The summed E-state index contributed by atoms with van der Waals surface area (Å²) in [6.07, 6.45) is 3.57. The van der Waals surface area contributed by atoms with E-state index in [0.717, 1.165) is 5.56 Å². The number of benzene rings is 1. The molecule has 0 atom stereocenters. The van der Waals surface area contributed by atoms with Crippen LogP contribution < -0.4 is 5.32 Å². The Labute approximate surface area is 136 Å². The molecule has 0 bridgehead atoms. The third kappa shape index (κ3) is 2.73. The molecule has 3 aromatic rings. The topological polar surface area (TPSA) is 66.0 Å². The first-order valence-electron chi connectivity index (χ1n) is 6.53. The molecule has 0 unspecified atom stereocenters. The van der Waals surface area contributed by atoms with Gasteiger partial charge in [-0.25, -0.2) is 4.98 Å². The van der Waals surface area contributed by atoms with E-state index in [0.29, 0.717) is 33.6 Å². The van der Waals surface area contributed by atoms with Crippen LogP contribution in [0.15, 0.2) is 41.6 Å². The van der Waals surface area contributed by atoms with Crippen LogP contribution in [0.2, 0.25) is 5.02 Å². The first kappa shape index (κ1) is 14.7. The third-order valence-electron chi connectivity index (χ3n) is 3.18. The lowest BCUT2D eigenvalue weighted by Gasteiger charge is -2.12. The molecule has 110 valence electrons. The van der Waals surface area contributed by atoms with Crippen molar-refractivity contribution in [2.45, 2.75) is 11.6 Å². The van der Waals surface area contributed by atoms with E-state index in [1.165, 1.54) is 11.8 Å². The number of fused-ring (bicyclic) bond motifs is 1. The van der Waals surface area contributed by atoms with Gasteiger partial charge in [-0.2, -0.15) is 14.9 Å². The van der Waals surface area contributed by atoms with Gasteiger partial charge in [0.05, 0.1) is 6.20 Å². The van der Waals surface area contributed by atoms with E-state index in [9.17, 15) is 5.26 Å². The molecule has 7 heteroatoms. The van der Waals surface area contributed by atoms with Gasteiger partial charge in [0.2, 0.25) is 0 Å². The smallest absolute Gasteiger partial charge is 0.158 e. The Morgan fingerprint density at radius 3 is 2.77 bits per heavy atom. The molecule has 5 nitrogen and oxygen atoms in total. The normalized spacial score (nSPS) is 10.6. The number of hydrogen-bond acceptors (Lipinski definition) is 5. The van der Waals surface area contributed by atoms with Crippen LogP contribution in [0, 0.1) is 11.3 Å². The molecular formula is C15H12ClN5S. The summed E-state index contributed by atoms with van der Waals surface area (Å²) in [7, 11) is 0. The van der Waals surface area contributed by atoms with Gasteiger partial charge in [-0.1, -0.05) is 23.7 Å². The lowest BCUT2D eigenvalue weighted by molar-refractivity contribution is 0.897. The van der Waals surface area contributed by atoms with Gasteiger partial charge in [0.15, 0.2) is 11.5 Å². The molecule has 2 aromatic heterocycles. The van der Waals surface area contributed by atoms with Crippen molar-refractivity contribution in [1.82, 2.24) is 14.6 Å². The van der Waals surface area contributed by atoms with E-state index >= 15 is 0 Å². The molecule has 1 aromatic carbocycles. The number of nitrogens with one attached hydrogen (secondary N) is 1. The zero-order valence-corrected chi connectivity index (χ0v) is 13.3. The van der Waals surface area contributed by atoms with E-state index in [2.05, 4.69) is 21.5 Å². The highest BCUT2D eigenvalue weighted by Gasteiger charge is 2.15. The summed E-state index contributed by atoms with van der Waals surface area (Å²) in [5.74, 6) is 0.650. The maximum Gasteiger partial charge on any atom is 0.158 e. The Morgan fingerprint density at radius 1 is 1.32 bits per heavy atom. The predicted molar refractivity (Wildman–Crippen MR) is 88.3 cm³/mol. The largest absolute Gasteiger partial charge is 0.365 e. The van der Waals surface area contributed by atoms with E-state index < -0.39 is 0 Å². The van der Waals surface area contributed by atoms with Gasteiger partial charge in [0.1, 0.15) is 16.7 Å². The maximum atomic E-state index is 9.46. The summed E-state index contributed by atoms with van der Waals surface area (Å²) in [5, 5.41) is 18.4. The van der Waals surface area contributed by atoms with Gasteiger partial charge in [0.25, 0.3) is 0 Å². The monoisotopic (exact) mass is 329 g/mol. The van der Waals surface area contributed by atoms with Gasteiger partial charge >= 0.3 is 0 Å². The Balaban J connectivity index is 1.99. The molecule has 1 N–H and O–H groups in total. The van der Waals surface area contributed by atoms with Crippen molar-refractivity contribution in [3.05, 3.63) is 52.7 Å². The van der Waals surface area contributed by atoms with Crippen LogP contribution in [0.25, 0.3) is 5.65 Å². The lowest BCUT2D eigenvalue weighted by atomic mass is 10.2. The van der Waals surface area contributed by atoms with Crippen LogP contribution in [-0.2, 0) is 6.54 Å². The quantitative estimate of drug-likeness (QED) is 0.585. The molecule has 0 aliphatic heterocycles. The molecular weight excluding hydrogens is 318 g/mol. The van der Waals surface area contributed by atoms with Crippen molar-refractivity contribution in [2.75, 3.05) is 11.6 Å². The van der Waals surface area contributed by atoms with Crippen LogP contribution in [0.3, 0.4) is 0 Å². The van der Waals surface area contributed by atoms with Crippen molar-refractivity contribution in [3.63, 3.8) is 0 Å². The minimum atomic E-state index is 0.498. The Kier molecular flexibility index (Phi) is 4.18. The number of thioether (sulfide) groups is 1. The SMILES string of the molecule is CSc1nc2ccnn2c(NCc2ccc(Cl)cc2)c1C#N. The maximum absolute atomic E-state index is 9.46. The number of anilines is 1. The van der Waals surface area contributed by atoms with E-state index in [4.69, 9.17) is 11.6 Å². The lowest BCUT2D eigenvalue weighted by Crippen LogP contribution is -2.09. The standard InChI is InChI=1S/C15H12ClN5S/c1-22-15-12(8-17)14(21-13(20-15)6-7-19-21)18-9-10-2-4-11(16)5-3-10/h2-7,18H,9H2,1H3. The number of rotatable bonds is 4. The minimum Gasteiger partial charge on any atom is -0.365 e. The highest BCUT2D eigenvalue weighted by molar-refractivity contribution is 7.98. The molecule has 0 saturated heterocycles. The van der Waals surface area contributed by atoms with Crippen molar-refractivity contribution in [3.8, 4) is 6.07 Å². The number of aromatic nitrogens is 3. The molecule has 22 heavy (non-hydrogen) atoms. The van der Waals surface area contributed by atoms with Crippen molar-refractivity contribution in [1.29, 1.82) is 5.26 Å². The summed E-state index contributed by atoms with van der Waals surface area (Å²) in [6, 6.07) is 11.6. The molecule has 2 heterocycles. The second kappa shape index (κ2) is 6.26. The van der Waals surface area contributed by atoms with Crippen LogP contribution in [0.1, 0.15) is 11.1 Å². The fourth-order valence-electron chi connectivity index (χ4n) is 2.12. The van der Waals surface area contributed by atoms with E-state index in [1.807, 2.05) is 36.6 Å². The molecule has 0 saturated carbocycles. The molecule has 0 radical (unpaired) electrons. The Morgan fingerprint density at radius 2 is 2.09 bits per heavy atom. The van der Waals surface area contributed by atoms with Gasteiger partial charge < -0.3 is 5.32 Å². The highest BCUT2D eigenvalue weighted by Crippen LogP contribution is 2.26. The summed E-state index contributed by atoms with van der Waals surface area (Å²) < 4.78 is 1.65. The molecule has 0 aliphatic carbocycles.